The van der Waals surface area contributed by atoms with E-state index in [0.717, 1.165) is 74.5 Å². The van der Waals surface area contributed by atoms with Crippen molar-refractivity contribution in [3.63, 3.8) is 0 Å². The summed E-state index contributed by atoms with van der Waals surface area (Å²) >= 11 is 0. The largest absolute Gasteiger partial charge is 0.488 e. The number of rotatable bonds is 5. The summed E-state index contributed by atoms with van der Waals surface area (Å²) in [6.07, 6.45) is 8.88. The molecule has 1 saturated heterocycles. The Morgan fingerprint density at radius 3 is 2.61 bits per heavy atom. The summed E-state index contributed by atoms with van der Waals surface area (Å²) in [5.41, 5.74) is 2.75. The first-order chi connectivity index (χ1) is 15.2. The van der Waals surface area contributed by atoms with Gasteiger partial charge in [-0.3, -0.25) is 4.98 Å². The first-order valence-electron chi connectivity index (χ1n) is 10.8. The van der Waals surface area contributed by atoms with Gasteiger partial charge in [0.15, 0.2) is 0 Å². The minimum atomic E-state index is -0.213. The van der Waals surface area contributed by atoms with Crippen LogP contribution in [-0.2, 0) is 4.74 Å². The average molecular weight is 422 g/mol. The standard InChI is InChI=1S/C22H26N6O3/c29-22-25-6-5-20(27-22)26-15-1-3-17(4-2-15)31-19-14-16(28-9-11-30-12-10-28)13-18-21(19)24-8-7-23-18/h5-8,13-15,17H,1-4,9-12H2,(H2,25,26,27,29)/t15-,17+. The van der Waals surface area contributed by atoms with E-state index in [2.05, 4.69) is 42.3 Å². The maximum absolute atomic E-state index is 9.45. The molecule has 9 heteroatoms. The second-order valence-corrected chi connectivity index (χ2v) is 7.95. The van der Waals surface area contributed by atoms with Gasteiger partial charge in [-0.1, -0.05) is 0 Å². The SMILES string of the molecule is Oc1nccc(N[C@H]2CC[C@@H](Oc3cc(N4CCOCC4)cc4nccnc34)CC2)n1. The second kappa shape index (κ2) is 8.89. The number of fused-ring (bicyclic) bond motifs is 1. The summed E-state index contributed by atoms with van der Waals surface area (Å²) in [7, 11) is 0. The van der Waals surface area contributed by atoms with Gasteiger partial charge in [0.25, 0.3) is 0 Å². The van der Waals surface area contributed by atoms with E-state index in [1.165, 1.54) is 0 Å². The van der Waals surface area contributed by atoms with E-state index >= 15 is 0 Å². The summed E-state index contributed by atoms with van der Waals surface area (Å²) in [6.45, 7) is 3.19. The molecule has 9 nitrogen and oxygen atoms in total. The molecule has 2 fully saturated rings. The molecule has 2 aliphatic rings. The molecule has 1 aliphatic heterocycles. The molecular weight excluding hydrogens is 396 g/mol. The molecule has 0 spiro atoms. The van der Waals surface area contributed by atoms with Crippen LogP contribution in [0.25, 0.3) is 11.0 Å². The van der Waals surface area contributed by atoms with Gasteiger partial charge >= 0.3 is 6.01 Å². The van der Waals surface area contributed by atoms with Crippen LogP contribution in [0.2, 0.25) is 0 Å². The Hall–Kier alpha value is -3.20. The Morgan fingerprint density at radius 2 is 1.81 bits per heavy atom. The third-order valence-electron chi connectivity index (χ3n) is 5.86. The number of nitrogens with zero attached hydrogens (tertiary/aromatic N) is 5. The minimum absolute atomic E-state index is 0.127. The van der Waals surface area contributed by atoms with E-state index in [0.29, 0.717) is 11.9 Å². The van der Waals surface area contributed by atoms with E-state index < -0.39 is 0 Å². The van der Waals surface area contributed by atoms with Crippen molar-refractivity contribution in [2.75, 3.05) is 36.5 Å². The van der Waals surface area contributed by atoms with Crippen molar-refractivity contribution in [2.45, 2.75) is 37.8 Å². The minimum Gasteiger partial charge on any atom is -0.488 e. The summed E-state index contributed by atoms with van der Waals surface area (Å²) < 4.78 is 12.0. The van der Waals surface area contributed by atoms with Gasteiger partial charge in [-0.05, 0) is 37.8 Å². The summed E-state index contributed by atoms with van der Waals surface area (Å²) in [5.74, 6) is 1.44. The molecule has 0 amide bonds. The Kier molecular flexibility index (Phi) is 5.66. The lowest BCUT2D eigenvalue weighted by Crippen LogP contribution is -2.36. The molecule has 3 aromatic rings. The number of ether oxygens (including phenoxy) is 2. The lowest BCUT2D eigenvalue weighted by Gasteiger charge is -2.31. The van der Waals surface area contributed by atoms with E-state index in [1.54, 1.807) is 24.7 Å². The fraction of sp³-hybridized carbons (Fsp3) is 0.455. The normalized spacial score (nSPS) is 21.7. The Bertz CT molecular complexity index is 1030. The Labute approximate surface area is 180 Å². The number of morpholine rings is 1. The van der Waals surface area contributed by atoms with Crippen LogP contribution < -0.4 is 15.0 Å². The highest BCUT2D eigenvalue weighted by Crippen LogP contribution is 2.33. The van der Waals surface area contributed by atoms with Crippen molar-refractivity contribution < 1.29 is 14.6 Å². The molecule has 2 N–H and O–H groups in total. The van der Waals surface area contributed by atoms with Crippen molar-refractivity contribution >= 4 is 22.5 Å². The quantitative estimate of drug-likeness (QED) is 0.642. The molecule has 0 unspecified atom stereocenters. The van der Waals surface area contributed by atoms with Gasteiger partial charge in [0.2, 0.25) is 0 Å². The number of aromatic hydroxyl groups is 1. The molecule has 1 saturated carbocycles. The Morgan fingerprint density at radius 1 is 1.00 bits per heavy atom. The van der Waals surface area contributed by atoms with Crippen LogP contribution in [0.5, 0.6) is 11.8 Å². The highest BCUT2D eigenvalue weighted by molar-refractivity contribution is 5.85. The van der Waals surface area contributed by atoms with Crippen LogP contribution in [0.1, 0.15) is 25.7 Å². The Balaban J connectivity index is 1.28. The van der Waals surface area contributed by atoms with E-state index in [9.17, 15) is 5.11 Å². The number of anilines is 2. The van der Waals surface area contributed by atoms with Crippen LogP contribution in [0.4, 0.5) is 11.5 Å². The van der Waals surface area contributed by atoms with Crippen LogP contribution >= 0.6 is 0 Å². The fourth-order valence-corrected chi connectivity index (χ4v) is 4.27. The van der Waals surface area contributed by atoms with Crippen molar-refractivity contribution in [1.82, 2.24) is 19.9 Å². The average Bonchev–Trinajstić information content (AvgIpc) is 2.81. The van der Waals surface area contributed by atoms with Gasteiger partial charge in [-0.15, -0.1) is 0 Å². The lowest BCUT2D eigenvalue weighted by molar-refractivity contribution is 0.122. The molecule has 1 aliphatic carbocycles. The topological polar surface area (TPSA) is 106 Å². The monoisotopic (exact) mass is 422 g/mol. The first kappa shape index (κ1) is 19.7. The lowest BCUT2D eigenvalue weighted by atomic mass is 9.93. The van der Waals surface area contributed by atoms with Gasteiger partial charge in [-0.2, -0.15) is 4.98 Å². The van der Waals surface area contributed by atoms with Crippen molar-refractivity contribution in [1.29, 1.82) is 0 Å². The summed E-state index contributed by atoms with van der Waals surface area (Å²) in [4.78, 5) is 19.1. The number of nitrogens with one attached hydrogen (secondary N) is 1. The molecule has 0 radical (unpaired) electrons. The van der Waals surface area contributed by atoms with Crippen molar-refractivity contribution in [3.8, 4) is 11.8 Å². The van der Waals surface area contributed by atoms with E-state index in [4.69, 9.17) is 9.47 Å². The fourth-order valence-electron chi connectivity index (χ4n) is 4.27. The maximum Gasteiger partial charge on any atom is 0.315 e. The molecular formula is C22H26N6O3. The van der Waals surface area contributed by atoms with Crippen LogP contribution in [-0.4, -0.2) is 63.5 Å². The molecule has 162 valence electrons. The van der Waals surface area contributed by atoms with E-state index in [1.807, 2.05) is 0 Å². The molecule has 2 aromatic heterocycles. The number of hydrogen-bond donors (Lipinski definition) is 2. The highest BCUT2D eigenvalue weighted by atomic mass is 16.5. The molecule has 0 bridgehead atoms. The number of aromatic nitrogens is 4. The predicted octanol–water partition coefficient (Wildman–Crippen LogP) is 2.76. The van der Waals surface area contributed by atoms with Gasteiger partial charge in [-0.25, -0.2) is 9.97 Å². The summed E-state index contributed by atoms with van der Waals surface area (Å²) in [6, 6.07) is 6.03. The molecule has 1 aromatic carbocycles. The zero-order valence-corrected chi connectivity index (χ0v) is 17.3. The first-order valence-corrected chi connectivity index (χ1v) is 10.8. The number of hydrogen-bond acceptors (Lipinski definition) is 9. The predicted molar refractivity (Wildman–Crippen MR) is 117 cm³/mol. The zero-order chi connectivity index (χ0) is 21.0. The van der Waals surface area contributed by atoms with Crippen LogP contribution in [0, 0.1) is 0 Å². The number of benzene rings is 1. The maximum atomic E-state index is 9.45. The summed E-state index contributed by atoms with van der Waals surface area (Å²) in [5, 5.41) is 12.8. The van der Waals surface area contributed by atoms with Gasteiger partial charge in [0, 0.05) is 49.5 Å². The van der Waals surface area contributed by atoms with Crippen LogP contribution in [0.15, 0.2) is 36.8 Å². The van der Waals surface area contributed by atoms with Crippen molar-refractivity contribution in [3.05, 3.63) is 36.8 Å². The van der Waals surface area contributed by atoms with Gasteiger partial charge in [0.1, 0.15) is 17.1 Å². The zero-order valence-electron chi connectivity index (χ0n) is 17.3. The second-order valence-electron chi connectivity index (χ2n) is 7.95. The third kappa shape index (κ3) is 4.61. The molecule has 5 rings (SSSR count). The van der Waals surface area contributed by atoms with Crippen molar-refractivity contribution in [2.24, 2.45) is 0 Å². The highest BCUT2D eigenvalue weighted by Gasteiger charge is 2.24. The van der Waals surface area contributed by atoms with E-state index in [-0.39, 0.29) is 12.1 Å². The third-order valence-corrected chi connectivity index (χ3v) is 5.86. The molecule has 0 atom stereocenters. The van der Waals surface area contributed by atoms with Gasteiger partial charge < -0.3 is 24.8 Å². The van der Waals surface area contributed by atoms with Crippen LogP contribution in [0.3, 0.4) is 0 Å². The smallest absolute Gasteiger partial charge is 0.315 e. The molecule has 31 heavy (non-hydrogen) atoms. The van der Waals surface area contributed by atoms with Gasteiger partial charge in [0.05, 0.1) is 24.8 Å². The molecule has 3 heterocycles.